The number of benzene rings is 3. The highest BCUT2D eigenvalue weighted by atomic mass is 16.6. The second-order valence-corrected chi connectivity index (χ2v) is 11.0. The number of anilines is 1. The van der Waals surface area contributed by atoms with Crippen LogP contribution in [0.1, 0.15) is 44.1 Å². The van der Waals surface area contributed by atoms with Crippen molar-refractivity contribution >= 4 is 17.7 Å². The summed E-state index contributed by atoms with van der Waals surface area (Å²) >= 11 is 0. The molecule has 0 aliphatic carbocycles. The molecule has 3 N–H and O–H groups in total. The number of ether oxygens (including phenoxy) is 1. The molecular weight excluding hydrogens is 528 g/mol. The molecule has 0 bridgehead atoms. The molecule has 1 aliphatic rings. The fourth-order valence-corrected chi connectivity index (χ4v) is 5.25. The molecule has 0 aromatic heterocycles. The van der Waals surface area contributed by atoms with E-state index in [0.29, 0.717) is 18.7 Å². The summed E-state index contributed by atoms with van der Waals surface area (Å²) in [7, 11) is 2.10. The Kier molecular flexibility index (Phi) is 12.2. The van der Waals surface area contributed by atoms with Crippen molar-refractivity contribution < 1.29 is 19.4 Å². The summed E-state index contributed by atoms with van der Waals surface area (Å²) < 4.78 is 5.73. The van der Waals surface area contributed by atoms with Gasteiger partial charge >= 0.3 is 6.09 Å². The number of aromatic hydroxyl groups is 1. The molecule has 3 aromatic rings. The van der Waals surface area contributed by atoms with E-state index < -0.39 is 6.09 Å². The van der Waals surface area contributed by atoms with Gasteiger partial charge in [-0.3, -0.25) is 10.1 Å². The number of carbonyl (C=O) groups is 2. The number of nitrogens with one attached hydrogen (secondary N) is 2. The molecular formula is C34H44N4O4. The molecule has 0 atom stereocenters. The smallest absolute Gasteiger partial charge is 0.411 e. The lowest BCUT2D eigenvalue weighted by Crippen LogP contribution is -2.40. The number of unbranched alkanes of at least 4 members (excludes halogenated alkanes) is 2. The zero-order valence-corrected chi connectivity index (χ0v) is 24.6. The first-order chi connectivity index (χ1) is 20.5. The van der Waals surface area contributed by atoms with Crippen LogP contribution in [0.3, 0.4) is 0 Å². The first kappa shape index (κ1) is 31.1. The Balaban J connectivity index is 1.04. The number of likely N-dealkylation sites (tertiary alicyclic amines) is 1. The van der Waals surface area contributed by atoms with E-state index in [-0.39, 0.29) is 12.0 Å². The Morgan fingerprint density at radius 3 is 2.40 bits per heavy atom. The maximum Gasteiger partial charge on any atom is 0.411 e. The molecule has 224 valence electrons. The summed E-state index contributed by atoms with van der Waals surface area (Å²) in [4.78, 5) is 29.5. The van der Waals surface area contributed by atoms with Crippen molar-refractivity contribution in [3.05, 3.63) is 84.4 Å². The van der Waals surface area contributed by atoms with Crippen LogP contribution in [-0.4, -0.2) is 72.8 Å². The van der Waals surface area contributed by atoms with Crippen molar-refractivity contribution in [1.29, 1.82) is 0 Å². The van der Waals surface area contributed by atoms with Gasteiger partial charge in [-0.15, -0.1) is 0 Å². The molecule has 42 heavy (non-hydrogen) atoms. The Morgan fingerprint density at radius 1 is 0.929 bits per heavy atom. The second kappa shape index (κ2) is 16.5. The van der Waals surface area contributed by atoms with Crippen LogP contribution in [0, 0.1) is 0 Å². The SMILES string of the molecule is CN(CCCCCNC(=O)CCN1CCC(OC(=O)Nc2ccccc2-c2ccccc2)CC1)Cc1ccc(O)cc1. The highest BCUT2D eigenvalue weighted by Gasteiger charge is 2.23. The van der Waals surface area contributed by atoms with Crippen molar-refractivity contribution in [2.75, 3.05) is 45.1 Å². The van der Waals surface area contributed by atoms with Crippen molar-refractivity contribution in [2.24, 2.45) is 0 Å². The van der Waals surface area contributed by atoms with Gasteiger partial charge in [0.1, 0.15) is 11.9 Å². The minimum atomic E-state index is -0.430. The molecule has 1 aliphatic heterocycles. The summed E-state index contributed by atoms with van der Waals surface area (Å²) in [5.41, 5.74) is 3.91. The van der Waals surface area contributed by atoms with E-state index in [2.05, 4.69) is 27.5 Å². The van der Waals surface area contributed by atoms with Crippen molar-refractivity contribution in [1.82, 2.24) is 15.1 Å². The van der Waals surface area contributed by atoms with Gasteiger partial charge in [0.05, 0.1) is 5.69 Å². The van der Waals surface area contributed by atoms with Gasteiger partial charge in [-0.25, -0.2) is 4.79 Å². The molecule has 3 aromatic carbocycles. The minimum Gasteiger partial charge on any atom is -0.508 e. The van der Waals surface area contributed by atoms with Crippen molar-refractivity contribution in [2.45, 2.75) is 51.2 Å². The minimum absolute atomic E-state index is 0.0919. The van der Waals surface area contributed by atoms with E-state index in [1.54, 1.807) is 12.1 Å². The van der Waals surface area contributed by atoms with E-state index in [1.807, 2.05) is 66.7 Å². The van der Waals surface area contributed by atoms with Crippen LogP contribution in [0.4, 0.5) is 10.5 Å². The summed E-state index contributed by atoms with van der Waals surface area (Å²) in [6, 6.07) is 25.0. The van der Waals surface area contributed by atoms with Gasteiger partial charge in [-0.2, -0.15) is 0 Å². The number of hydrogen-bond acceptors (Lipinski definition) is 6. The molecule has 1 heterocycles. The molecule has 1 saturated heterocycles. The van der Waals surface area contributed by atoms with E-state index >= 15 is 0 Å². The first-order valence-corrected chi connectivity index (χ1v) is 15.0. The standard InChI is InChI=1S/C34H44N4O4/c1-37(26-27-14-16-29(39)17-15-27)22-9-3-8-21-35-33(40)20-25-38-23-18-30(19-24-38)42-34(41)36-32-13-7-6-12-31(32)28-10-4-2-5-11-28/h2,4-7,10-17,30,39H,3,8-9,18-26H2,1H3,(H,35,40)(H,36,41). The monoisotopic (exact) mass is 572 g/mol. The lowest BCUT2D eigenvalue weighted by atomic mass is 10.0. The zero-order valence-electron chi connectivity index (χ0n) is 24.6. The number of rotatable bonds is 14. The highest BCUT2D eigenvalue weighted by Crippen LogP contribution is 2.28. The van der Waals surface area contributed by atoms with Crippen molar-refractivity contribution in [3.8, 4) is 16.9 Å². The van der Waals surface area contributed by atoms with Gasteiger partial charge in [-0.1, -0.05) is 67.1 Å². The van der Waals surface area contributed by atoms with Crippen molar-refractivity contribution in [3.63, 3.8) is 0 Å². The summed E-state index contributed by atoms with van der Waals surface area (Å²) in [6.45, 7) is 4.90. The third-order valence-electron chi connectivity index (χ3n) is 7.64. The van der Waals surface area contributed by atoms with E-state index in [4.69, 9.17) is 4.74 Å². The predicted octanol–water partition coefficient (Wildman–Crippen LogP) is 5.88. The summed E-state index contributed by atoms with van der Waals surface area (Å²) in [6.07, 6.45) is 4.57. The molecule has 8 nitrogen and oxygen atoms in total. The average Bonchev–Trinajstić information content (AvgIpc) is 3.00. The molecule has 4 rings (SSSR count). The number of piperidine rings is 1. The van der Waals surface area contributed by atoms with Gasteiger partial charge in [0.2, 0.25) is 5.91 Å². The van der Waals surface area contributed by atoms with Gasteiger partial charge in [0, 0.05) is 44.7 Å². The van der Waals surface area contributed by atoms with Crippen LogP contribution in [0.5, 0.6) is 5.75 Å². The average molecular weight is 573 g/mol. The molecule has 1 fully saturated rings. The molecule has 2 amide bonds. The van der Waals surface area contributed by atoms with Gasteiger partial charge in [0.15, 0.2) is 0 Å². The molecule has 0 spiro atoms. The summed E-state index contributed by atoms with van der Waals surface area (Å²) in [5, 5.41) is 15.4. The Labute approximate surface area is 249 Å². The largest absolute Gasteiger partial charge is 0.508 e. The number of nitrogens with zero attached hydrogens (tertiary/aromatic N) is 2. The zero-order chi connectivity index (χ0) is 29.6. The topological polar surface area (TPSA) is 94.1 Å². The lowest BCUT2D eigenvalue weighted by molar-refractivity contribution is -0.121. The normalized spacial score (nSPS) is 14.0. The number of hydrogen-bond donors (Lipinski definition) is 3. The van der Waals surface area contributed by atoms with E-state index in [1.165, 1.54) is 5.56 Å². The van der Waals surface area contributed by atoms with Crippen LogP contribution in [0.25, 0.3) is 11.1 Å². The van der Waals surface area contributed by atoms with E-state index in [9.17, 15) is 14.7 Å². The molecule has 0 saturated carbocycles. The maximum atomic E-state index is 12.6. The number of para-hydroxylation sites is 1. The number of phenols is 1. The van der Waals surface area contributed by atoms with Gasteiger partial charge in [0.25, 0.3) is 0 Å². The fourth-order valence-electron chi connectivity index (χ4n) is 5.25. The van der Waals surface area contributed by atoms with Gasteiger partial charge < -0.3 is 25.0 Å². The number of carbonyl (C=O) groups excluding carboxylic acids is 2. The van der Waals surface area contributed by atoms with Crippen LogP contribution in [-0.2, 0) is 16.1 Å². The third-order valence-corrected chi connectivity index (χ3v) is 7.64. The lowest BCUT2D eigenvalue weighted by Gasteiger charge is -2.31. The molecule has 8 heteroatoms. The predicted molar refractivity (Wildman–Crippen MR) is 167 cm³/mol. The van der Waals surface area contributed by atoms with Crippen LogP contribution in [0.2, 0.25) is 0 Å². The van der Waals surface area contributed by atoms with Gasteiger partial charge in [-0.05, 0) is 68.6 Å². The maximum absolute atomic E-state index is 12.6. The highest BCUT2D eigenvalue weighted by molar-refractivity contribution is 5.91. The Bertz CT molecular complexity index is 1240. The Hall–Kier alpha value is -3.88. The number of amides is 2. The first-order valence-electron chi connectivity index (χ1n) is 15.0. The molecule has 0 radical (unpaired) electrons. The van der Waals surface area contributed by atoms with Crippen LogP contribution < -0.4 is 10.6 Å². The molecule has 0 unspecified atom stereocenters. The fraction of sp³-hybridized carbons (Fsp3) is 0.412. The van der Waals surface area contributed by atoms with E-state index in [0.717, 1.165) is 81.6 Å². The summed E-state index contributed by atoms with van der Waals surface area (Å²) in [5.74, 6) is 0.385. The van der Waals surface area contributed by atoms with Crippen LogP contribution >= 0.6 is 0 Å². The Morgan fingerprint density at radius 2 is 1.64 bits per heavy atom. The quantitative estimate of drug-likeness (QED) is 0.209. The van der Waals surface area contributed by atoms with Crippen LogP contribution in [0.15, 0.2) is 78.9 Å². The third kappa shape index (κ3) is 10.5. The number of phenolic OH excluding ortho intramolecular Hbond substituents is 1. The second-order valence-electron chi connectivity index (χ2n) is 11.0.